The van der Waals surface area contributed by atoms with Crippen LogP contribution in [0.5, 0.6) is 0 Å². The highest BCUT2D eigenvalue weighted by Crippen LogP contribution is 2.46. The van der Waals surface area contributed by atoms with E-state index < -0.39 is 17.2 Å². The lowest BCUT2D eigenvalue weighted by molar-refractivity contribution is -0.117. The van der Waals surface area contributed by atoms with Gasteiger partial charge in [-0.1, -0.05) is 54.6 Å². The van der Waals surface area contributed by atoms with Crippen molar-refractivity contribution in [2.75, 3.05) is 5.32 Å². The molecule has 0 saturated heterocycles. The average Bonchev–Trinajstić information content (AvgIpc) is 2.93. The molecule has 1 heterocycles. The lowest BCUT2D eigenvalue weighted by atomic mass is 9.63. The minimum absolute atomic E-state index is 0.101. The first kappa shape index (κ1) is 30.6. The number of nitrogens with zero attached hydrogens (tertiary/aromatic N) is 2. The minimum Gasteiger partial charge on any atom is -0.447 e. The fourth-order valence-electron chi connectivity index (χ4n) is 6.57. The van der Waals surface area contributed by atoms with Crippen LogP contribution in [0.15, 0.2) is 60.7 Å². The number of alkyl carbamates (subject to hydrolysis) is 1. The van der Waals surface area contributed by atoms with Gasteiger partial charge in [-0.2, -0.15) is 0 Å². The summed E-state index contributed by atoms with van der Waals surface area (Å²) in [6.07, 6.45) is 4.11. The van der Waals surface area contributed by atoms with Crippen molar-refractivity contribution in [3.63, 3.8) is 0 Å². The molecule has 228 valence electrons. The topological polar surface area (TPSA) is 139 Å². The van der Waals surface area contributed by atoms with Gasteiger partial charge in [-0.25, -0.2) is 4.79 Å². The summed E-state index contributed by atoms with van der Waals surface area (Å²) in [4.78, 5) is 25.2. The Morgan fingerprint density at radius 3 is 2.26 bits per heavy atom. The fraction of sp³-hybridized carbons (Fsp3) is 0.471. The Morgan fingerprint density at radius 1 is 1.00 bits per heavy atom. The van der Waals surface area contributed by atoms with Gasteiger partial charge in [-0.3, -0.25) is 4.79 Å². The number of hydrogen-bond donors (Lipinski definition) is 4. The average molecular weight is 586 g/mol. The highest BCUT2D eigenvalue weighted by molar-refractivity contribution is 5.91. The molecule has 9 heteroatoms. The summed E-state index contributed by atoms with van der Waals surface area (Å²) in [5.74, 6) is 0.525. The molecule has 1 aromatic heterocycles. The normalized spacial score (nSPS) is 26.8. The van der Waals surface area contributed by atoms with Gasteiger partial charge in [-0.05, 0) is 89.3 Å². The number of nitrogens with two attached hydrogens (primary N) is 1. The molecule has 2 fully saturated rings. The zero-order valence-electron chi connectivity index (χ0n) is 25.5. The van der Waals surface area contributed by atoms with E-state index in [1.54, 1.807) is 0 Å². The second-order valence-electron chi connectivity index (χ2n) is 13.3. The summed E-state index contributed by atoms with van der Waals surface area (Å²) in [7, 11) is 0. The molecule has 0 spiro atoms. The van der Waals surface area contributed by atoms with Crippen LogP contribution in [0.1, 0.15) is 78.2 Å². The zero-order valence-corrected chi connectivity index (χ0v) is 25.5. The summed E-state index contributed by atoms with van der Waals surface area (Å²) in [5.41, 5.74) is 9.36. The molecule has 0 unspecified atom stereocenters. The van der Waals surface area contributed by atoms with Crippen molar-refractivity contribution in [1.29, 1.82) is 0 Å². The minimum atomic E-state index is -0.725. The number of aliphatic hydroxyl groups is 1. The third-order valence-corrected chi connectivity index (χ3v) is 8.70. The number of rotatable bonds is 8. The van der Waals surface area contributed by atoms with E-state index in [0.717, 1.165) is 47.9 Å². The summed E-state index contributed by atoms with van der Waals surface area (Å²) in [6, 6.07) is 19.8. The van der Waals surface area contributed by atoms with Gasteiger partial charge in [0.1, 0.15) is 5.69 Å². The van der Waals surface area contributed by atoms with Crippen molar-refractivity contribution in [2.45, 2.75) is 95.4 Å². The number of benzene rings is 2. The van der Waals surface area contributed by atoms with E-state index in [-0.39, 0.29) is 23.5 Å². The summed E-state index contributed by atoms with van der Waals surface area (Å²) >= 11 is 0. The van der Waals surface area contributed by atoms with Crippen LogP contribution in [-0.2, 0) is 15.1 Å². The molecule has 0 bridgehead atoms. The van der Waals surface area contributed by atoms with E-state index in [9.17, 15) is 14.7 Å². The van der Waals surface area contributed by atoms with Crippen LogP contribution in [0.3, 0.4) is 0 Å². The van der Waals surface area contributed by atoms with E-state index >= 15 is 0 Å². The Bertz CT molecular complexity index is 1440. The molecule has 9 nitrogen and oxygen atoms in total. The first-order valence-corrected chi connectivity index (χ1v) is 15.2. The molecular formula is C34H43N5O4. The molecular weight excluding hydrogens is 542 g/mol. The van der Waals surface area contributed by atoms with Crippen LogP contribution in [0.25, 0.3) is 22.4 Å². The monoisotopic (exact) mass is 585 g/mol. The number of anilines is 1. The molecule has 0 aliphatic heterocycles. The molecule has 3 aromatic rings. The maximum absolute atomic E-state index is 13.1. The molecule has 2 saturated carbocycles. The standard InChI is InChI=1S/C34H43N5O4/c1-22(2)43-31(41)37-32(3)16-14-23(15-17-32)18-29(40)36-28-19-27(24-8-6-5-7-9-24)30(39-38-28)25-10-12-26(13-11-25)34(35)20-33(4,42)21-34/h5-13,19,22-23,42H,14-18,20-21,35H2,1-4H3,(H,37,41)(H,36,38,40). The van der Waals surface area contributed by atoms with Gasteiger partial charge in [0.15, 0.2) is 5.82 Å². The summed E-state index contributed by atoms with van der Waals surface area (Å²) in [5, 5.41) is 25.1. The van der Waals surface area contributed by atoms with Crippen LogP contribution in [0.2, 0.25) is 0 Å². The Balaban J connectivity index is 1.26. The zero-order chi connectivity index (χ0) is 30.8. The first-order valence-electron chi connectivity index (χ1n) is 15.2. The van der Waals surface area contributed by atoms with Gasteiger partial charge >= 0.3 is 6.09 Å². The number of carbonyl (C=O) groups excluding carboxylic acids is 2. The van der Waals surface area contributed by atoms with Gasteiger partial charge < -0.3 is 26.2 Å². The lowest BCUT2D eigenvalue weighted by Gasteiger charge is -2.49. The predicted molar refractivity (Wildman–Crippen MR) is 167 cm³/mol. The van der Waals surface area contributed by atoms with E-state index in [0.29, 0.717) is 30.8 Å². The molecule has 0 atom stereocenters. The van der Waals surface area contributed by atoms with Crippen LogP contribution >= 0.6 is 0 Å². The van der Waals surface area contributed by atoms with Gasteiger partial charge in [0.2, 0.25) is 5.91 Å². The summed E-state index contributed by atoms with van der Waals surface area (Å²) < 4.78 is 5.25. The van der Waals surface area contributed by atoms with Crippen LogP contribution < -0.4 is 16.4 Å². The molecule has 0 radical (unpaired) electrons. The number of ether oxygens (including phenoxy) is 1. The van der Waals surface area contributed by atoms with E-state index in [1.165, 1.54) is 0 Å². The Kier molecular flexibility index (Phi) is 8.58. The van der Waals surface area contributed by atoms with E-state index in [1.807, 2.05) is 88.4 Å². The number of nitrogens with one attached hydrogen (secondary N) is 2. The Morgan fingerprint density at radius 2 is 1.65 bits per heavy atom. The molecule has 43 heavy (non-hydrogen) atoms. The Hall–Kier alpha value is -3.82. The largest absolute Gasteiger partial charge is 0.447 e. The number of aromatic nitrogens is 2. The third-order valence-electron chi connectivity index (χ3n) is 8.70. The second kappa shape index (κ2) is 12.1. The van der Waals surface area contributed by atoms with E-state index in [2.05, 4.69) is 20.8 Å². The molecule has 2 aromatic carbocycles. The van der Waals surface area contributed by atoms with Crippen molar-refractivity contribution in [1.82, 2.24) is 15.5 Å². The van der Waals surface area contributed by atoms with Crippen molar-refractivity contribution in [2.24, 2.45) is 11.7 Å². The molecule has 2 aliphatic rings. The van der Waals surface area contributed by atoms with Gasteiger partial charge in [0.25, 0.3) is 0 Å². The Labute approximate surface area is 253 Å². The van der Waals surface area contributed by atoms with Crippen LogP contribution in [0.4, 0.5) is 10.6 Å². The SMILES string of the molecule is CC(C)OC(=O)NC1(C)CCC(CC(=O)Nc2cc(-c3ccccc3)c(-c3ccc(C4(N)CC(C)(O)C4)cc3)nn2)CC1. The highest BCUT2D eigenvalue weighted by atomic mass is 16.6. The van der Waals surface area contributed by atoms with Crippen LogP contribution in [0, 0.1) is 5.92 Å². The molecule has 5 N–H and O–H groups in total. The molecule has 2 aliphatic carbocycles. The highest BCUT2D eigenvalue weighted by Gasteiger charge is 2.49. The molecule has 5 rings (SSSR count). The number of amides is 2. The van der Waals surface area contributed by atoms with Crippen molar-refractivity contribution < 1.29 is 19.4 Å². The number of carbonyl (C=O) groups is 2. The second-order valence-corrected chi connectivity index (χ2v) is 13.3. The van der Waals surface area contributed by atoms with Gasteiger partial charge in [0, 0.05) is 28.6 Å². The van der Waals surface area contributed by atoms with E-state index in [4.69, 9.17) is 10.5 Å². The van der Waals surface area contributed by atoms with Gasteiger partial charge in [-0.15, -0.1) is 10.2 Å². The fourth-order valence-corrected chi connectivity index (χ4v) is 6.57. The predicted octanol–water partition coefficient (Wildman–Crippen LogP) is 5.92. The summed E-state index contributed by atoms with van der Waals surface area (Å²) in [6.45, 7) is 7.50. The van der Waals surface area contributed by atoms with Crippen molar-refractivity contribution in [3.05, 3.63) is 66.2 Å². The smallest absolute Gasteiger partial charge is 0.407 e. The molecule has 2 amide bonds. The van der Waals surface area contributed by atoms with Crippen LogP contribution in [-0.4, -0.2) is 44.5 Å². The van der Waals surface area contributed by atoms with Gasteiger partial charge in [0.05, 0.1) is 11.7 Å². The first-order chi connectivity index (χ1) is 20.3. The third kappa shape index (κ3) is 7.40. The maximum Gasteiger partial charge on any atom is 0.407 e. The van der Waals surface area contributed by atoms with Crippen molar-refractivity contribution >= 4 is 17.8 Å². The maximum atomic E-state index is 13.1. The lowest BCUT2D eigenvalue weighted by Crippen LogP contribution is -2.58. The quantitative estimate of drug-likeness (QED) is 0.257. The number of hydrogen-bond acceptors (Lipinski definition) is 7. The van der Waals surface area contributed by atoms with Crippen molar-refractivity contribution in [3.8, 4) is 22.4 Å².